The van der Waals surface area contributed by atoms with Crippen LogP contribution < -0.4 is 4.74 Å². The molecule has 0 radical (unpaired) electrons. The van der Waals surface area contributed by atoms with Gasteiger partial charge >= 0.3 is 0 Å². The van der Waals surface area contributed by atoms with Gasteiger partial charge in [-0.2, -0.15) is 0 Å². The van der Waals surface area contributed by atoms with Crippen molar-refractivity contribution in [2.24, 2.45) is 11.8 Å². The van der Waals surface area contributed by atoms with Gasteiger partial charge in [-0.3, -0.25) is 0 Å². The second-order valence-corrected chi connectivity index (χ2v) is 9.86. The van der Waals surface area contributed by atoms with E-state index in [9.17, 15) is 4.39 Å². The van der Waals surface area contributed by atoms with Gasteiger partial charge in [0.1, 0.15) is 0 Å². The maximum atomic E-state index is 15.1. The van der Waals surface area contributed by atoms with E-state index < -0.39 is 11.6 Å². The fourth-order valence-electron chi connectivity index (χ4n) is 5.75. The second-order valence-electron chi connectivity index (χ2n) is 9.86. The molecule has 0 N–H and O–H groups in total. The van der Waals surface area contributed by atoms with E-state index in [2.05, 4.69) is 13.0 Å². The molecule has 4 rings (SSSR count). The van der Waals surface area contributed by atoms with Crippen LogP contribution in [0, 0.1) is 29.3 Å². The van der Waals surface area contributed by atoms with Crippen LogP contribution in [0.4, 0.5) is 13.2 Å². The van der Waals surface area contributed by atoms with Crippen molar-refractivity contribution < 1.29 is 17.9 Å². The van der Waals surface area contributed by atoms with Crippen molar-refractivity contribution in [1.82, 2.24) is 0 Å². The summed E-state index contributed by atoms with van der Waals surface area (Å²) in [7, 11) is 1.45. The molecule has 2 aliphatic rings. The van der Waals surface area contributed by atoms with Gasteiger partial charge < -0.3 is 4.74 Å². The predicted octanol–water partition coefficient (Wildman–Crippen LogP) is 8.78. The van der Waals surface area contributed by atoms with Crippen molar-refractivity contribution in [3.63, 3.8) is 0 Å². The van der Waals surface area contributed by atoms with Crippen LogP contribution in [0.3, 0.4) is 0 Å². The van der Waals surface area contributed by atoms with Gasteiger partial charge in [0.05, 0.1) is 7.11 Å². The molecule has 2 aliphatic carbocycles. The molecule has 2 saturated carbocycles. The number of halogens is 3. The molecule has 0 heterocycles. The average molecular weight is 457 g/mol. The topological polar surface area (TPSA) is 9.23 Å². The molecule has 0 bridgehead atoms. The lowest BCUT2D eigenvalue weighted by Crippen LogP contribution is -2.16. The quantitative estimate of drug-likeness (QED) is 0.422. The molecular formula is C29H35F3O. The number of methoxy groups -OCH3 is 1. The lowest BCUT2D eigenvalue weighted by atomic mass is 9.75. The van der Waals surface area contributed by atoms with E-state index >= 15 is 8.78 Å². The van der Waals surface area contributed by atoms with E-state index in [-0.39, 0.29) is 23.4 Å². The highest BCUT2D eigenvalue weighted by atomic mass is 19.2. The monoisotopic (exact) mass is 456 g/mol. The number of allylic oxidation sites excluding steroid dienone is 1. The largest absolute Gasteiger partial charge is 0.494 e. The van der Waals surface area contributed by atoms with E-state index in [1.165, 1.54) is 19.6 Å². The molecule has 178 valence electrons. The summed E-state index contributed by atoms with van der Waals surface area (Å²) in [4.78, 5) is 0. The van der Waals surface area contributed by atoms with Gasteiger partial charge in [0.15, 0.2) is 23.2 Å². The van der Waals surface area contributed by atoms with Crippen molar-refractivity contribution >= 4 is 6.08 Å². The van der Waals surface area contributed by atoms with Gasteiger partial charge in [0.2, 0.25) is 0 Å². The molecule has 0 atom stereocenters. The maximum absolute atomic E-state index is 15.1. The summed E-state index contributed by atoms with van der Waals surface area (Å²) in [5.41, 5.74) is 1.92. The Bertz CT molecular complexity index is 967. The van der Waals surface area contributed by atoms with Crippen LogP contribution in [0.5, 0.6) is 5.75 Å². The first-order chi connectivity index (χ1) is 16.0. The smallest absolute Gasteiger partial charge is 0.165 e. The molecule has 2 fully saturated rings. The van der Waals surface area contributed by atoms with Crippen LogP contribution in [-0.4, -0.2) is 7.11 Å². The Morgan fingerprint density at radius 2 is 1.39 bits per heavy atom. The van der Waals surface area contributed by atoms with Crippen molar-refractivity contribution in [2.75, 3.05) is 7.11 Å². The van der Waals surface area contributed by atoms with Crippen molar-refractivity contribution in [3.05, 3.63) is 70.5 Å². The van der Waals surface area contributed by atoms with Crippen LogP contribution in [0.1, 0.15) is 93.2 Å². The Kier molecular flexibility index (Phi) is 7.82. The number of hydrogen-bond donors (Lipinski definition) is 0. The van der Waals surface area contributed by atoms with Crippen LogP contribution in [-0.2, 0) is 0 Å². The summed E-state index contributed by atoms with van der Waals surface area (Å²) >= 11 is 0. The molecule has 33 heavy (non-hydrogen) atoms. The summed E-state index contributed by atoms with van der Waals surface area (Å²) < 4.78 is 48.9. The zero-order valence-electron chi connectivity index (χ0n) is 19.8. The first-order valence-electron chi connectivity index (χ1n) is 12.5. The third-order valence-electron chi connectivity index (χ3n) is 7.95. The Labute approximate surface area is 196 Å². The molecule has 0 unspecified atom stereocenters. The van der Waals surface area contributed by atoms with Crippen LogP contribution in [0.15, 0.2) is 36.4 Å². The molecular weight excluding hydrogens is 421 g/mol. The Balaban J connectivity index is 1.36. The third kappa shape index (κ3) is 5.47. The van der Waals surface area contributed by atoms with Crippen LogP contribution >= 0.6 is 0 Å². The summed E-state index contributed by atoms with van der Waals surface area (Å²) in [5.74, 6) is -0.0562. The predicted molar refractivity (Wildman–Crippen MR) is 128 cm³/mol. The van der Waals surface area contributed by atoms with Crippen LogP contribution in [0.25, 0.3) is 6.08 Å². The molecule has 0 aliphatic heterocycles. The Hall–Kier alpha value is -2.23. The molecule has 0 amide bonds. The molecule has 2 aromatic carbocycles. The SMILES string of the molecule is CCC1CCC(c2ccc(C3CCC(C=Cc4ccc(OC)c(F)c4)CC3)c(F)c2F)CC1. The number of benzene rings is 2. The van der Waals surface area contributed by atoms with Gasteiger partial charge in [-0.15, -0.1) is 0 Å². The highest BCUT2D eigenvalue weighted by molar-refractivity contribution is 5.51. The Morgan fingerprint density at radius 1 is 0.818 bits per heavy atom. The highest BCUT2D eigenvalue weighted by Crippen LogP contribution is 2.42. The van der Waals surface area contributed by atoms with E-state index in [4.69, 9.17) is 4.74 Å². The van der Waals surface area contributed by atoms with E-state index in [0.717, 1.165) is 62.8 Å². The van der Waals surface area contributed by atoms with Gasteiger partial charge in [0.25, 0.3) is 0 Å². The number of rotatable bonds is 6. The second kappa shape index (κ2) is 10.8. The summed E-state index contributed by atoms with van der Waals surface area (Å²) in [6, 6.07) is 8.63. The molecule has 0 aromatic heterocycles. The number of ether oxygens (including phenoxy) is 1. The van der Waals surface area contributed by atoms with Gasteiger partial charge in [-0.1, -0.05) is 43.7 Å². The zero-order chi connectivity index (χ0) is 23.4. The van der Waals surface area contributed by atoms with Gasteiger partial charge in [-0.05, 0) is 104 Å². The minimum Gasteiger partial charge on any atom is -0.494 e. The zero-order valence-corrected chi connectivity index (χ0v) is 19.8. The lowest BCUT2D eigenvalue weighted by molar-refractivity contribution is 0.311. The molecule has 2 aromatic rings. The van der Waals surface area contributed by atoms with Gasteiger partial charge in [-0.25, -0.2) is 13.2 Å². The van der Waals surface area contributed by atoms with Crippen LogP contribution in [0.2, 0.25) is 0 Å². The fraction of sp³-hybridized carbons (Fsp3) is 0.517. The summed E-state index contributed by atoms with van der Waals surface area (Å²) in [6.45, 7) is 2.21. The Morgan fingerprint density at radius 3 is 1.91 bits per heavy atom. The van der Waals surface area contributed by atoms with E-state index in [0.29, 0.717) is 17.0 Å². The number of hydrogen-bond acceptors (Lipinski definition) is 1. The van der Waals surface area contributed by atoms with Gasteiger partial charge in [0, 0.05) is 0 Å². The summed E-state index contributed by atoms with van der Waals surface area (Å²) in [5, 5.41) is 0. The van der Waals surface area contributed by atoms with E-state index in [1.54, 1.807) is 6.07 Å². The van der Waals surface area contributed by atoms with Crippen molar-refractivity contribution in [2.45, 2.75) is 76.5 Å². The van der Waals surface area contributed by atoms with Crippen molar-refractivity contribution in [3.8, 4) is 5.75 Å². The molecule has 0 spiro atoms. The standard InChI is InChI=1S/C29H35F3O/c1-3-19-6-11-22(12-7-19)24-15-16-25(29(32)28(24)31)23-13-8-20(9-14-23)4-5-21-10-17-27(33-2)26(30)18-21/h4-5,10,15-20,22-23H,3,6-9,11-14H2,1-2H3. The average Bonchev–Trinajstić information content (AvgIpc) is 2.85. The minimum absolute atomic E-state index is 0.0625. The molecule has 4 heteroatoms. The third-order valence-corrected chi connectivity index (χ3v) is 7.95. The lowest BCUT2D eigenvalue weighted by Gasteiger charge is -2.30. The first kappa shape index (κ1) is 23.9. The summed E-state index contributed by atoms with van der Waals surface area (Å²) in [6.07, 6.45) is 12.9. The molecule has 0 saturated heterocycles. The maximum Gasteiger partial charge on any atom is 0.165 e. The molecule has 1 nitrogen and oxygen atoms in total. The first-order valence-corrected chi connectivity index (χ1v) is 12.5. The normalized spacial score (nSPS) is 26.0. The fourth-order valence-corrected chi connectivity index (χ4v) is 5.75. The van der Waals surface area contributed by atoms with Crippen molar-refractivity contribution in [1.29, 1.82) is 0 Å². The minimum atomic E-state index is -0.627. The highest BCUT2D eigenvalue weighted by Gasteiger charge is 2.29. The van der Waals surface area contributed by atoms with E-state index in [1.807, 2.05) is 24.3 Å².